The summed E-state index contributed by atoms with van der Waals surface area (Å²) in [4.78, 5) is 4.49. The second kappa shape index (κ2) is 8.15. The molecule has 0 amide bonds. The second-order valence-electron chi connectivity index (χ2n) is 4.84. The zero-order valence-electron chi connectivity index (χ0n) is 13.1. The van der Waals surface area contributed by atoms with Gasteiger partial charge in [-0.05, 0) is 29.8 Å². The largest absolute Gasteiger partial charge is 0.249 e. The predicted octanol–water partition coefficient (Wildman–Crippen LogP) is 4.06. The number of hydrogen-bond donors (Lipinski definition) is 0. The summed E-state index contributed by atoms with van der Waals surface area (Å²) in [7, 11) is -3.45. The minimum absolute atomic E-state index is 0.230. The first-order valence-electron chi connectivity index (χ1n) is 7.30. The number of nitrogens with zero attached hydrogens (tertiary/aromatic N) is 2. The maximum Gasteiger partial charge on any atom is 0.244 e. The Bertz CT molecular complexity index is 745. The highest BCUT2D eigenvalue weighted by molar-refractivity contribution is 7.98. The maximum atomic E-state index is 12.4. The van der Waals surface area contributed by atoms with E-state index in [1.165, 1.54) is 10.5 Å². The molecule has 4 nitrogen and oxygen atoms in total. The van der Waals surface area contributed by atoms with E-state index in [0.717, 1.165) is 16.3 Å². The van der Waals surface area contributed by atoms with E-state index in [-0.39, 0.29) is 4.90 Å². The molecule has 0 atom stereocenters. The van der Waals surface area contributed by atoms with Crippen LogP contribution in [0, 0.1) is 0 Å². The van der Waals surface area contributed by atoms with Crippen LogP contribution in [0.4, 0.5) is 0 Å². The minimum atomic E-state index is -3.45. The fourth-order valence-corrected chi connectivity index (χ4v) is 4.50. The van der Waals surface area contributed by atoms with Crippen LogP contribution in [0.1, 0.15) is 19.4 Å². The summed E-state index contributed by atoms with van der Waals surface area (Å²) in [6, 6.07) is 11.0. The Morgan fingerprint density at radius 1 is 1.17 bits per heavy atom. The standard InChI is InChI=1S/C16H19ClN2O2S2/c1-3-19(4-2)23(20,21)15-8-9-16(18-11-15)22-12-13-6-5-7-14(17)10-13/h5-11H,3-4,12H2,1-2H3. The fraction of sp³-hybridized carbons (Fsp3) is 0.312. The van der Waals surface area contributed by atoms with Crippen LogP contribution in [0.2, 0.25) is 5.02 Å². The number of halogens is 1. The second-order valence-corrected chi connectivity index (χ2v) is 8.21. The molecule has 0 N–H and O–H groups in total. The summed E-state index contributed by atoms with van der Waals surface area (Å²) in [6.07, 6.45) is 1.42. The number of benzene rings is 1. The van der Waals surface area contributed by atoms with Crippen molar-refractivity contribution in [3.63, 3.8) is 0 Å². The Hall–Kier alpha value is -1.08. The first-order valence-corrected chi connectivity index (χ1v) is 10.1. The van der Waals surface area contributed by atoms with Crippen LogP contribution in [0.15, 0.2) is 52.5 Å². The molecule has 0 bridgehead atoms. The quantitative estimate of drug-likeness (QED) is 0.689. The molecule has 124 valence electrons. The van der Waals surface area contributed by atoms with Gasteiger partial charge in [0.25, 0.3) is 0 Å². The Balaban J connectivity index is 2.08. The average Bonchev–Trinajstić information content (AvgIpc) is 2.54. The molecule has 7 heteroatoms. The van der Waals surface area contributed by atoms with Crippen LogP contribution in [0.3, 0.4) is 0 Å². The highest BCUT2D eigenvalue weighted by Gasteiger charge is 2.21. The Morgan fingerprint density at radius 3 is 2.48 bits per heavy atom. The number of rotatable bonds is 7. The number of aromatic nitrogens is 1. The van der Waals surface area contributed by atoms with Gasteiger partial charge in [0, 0.05) is 30.1 Å². The first kappa shape index (κ1) is 18.3. The molecule has 1 aromatic heterocycles. The van der Waals surface area contributed by atoms with Crippen LogP contribution < -0.4 is 0 Å². The van der Waals surface area contributed by atoms with E-state index >= 15 is 0 Å². The highest BCUT2D eigenvalue weighted by atomic mass is 35.5. The number of thioether (sulfide) groups is 1. The van der Waals surface area contributed by atoms with Gasteiger partial charge in [-0.2, -0.15) is 4.31 Å². The smallest absolute Gasteiger partial charge is 0.244 e. The third-order valence-corrected chi connectivity index (χ3v) is 6.61. The van der Waals surface area contributed by atoms with Gasteiger partial charge < -0.3 is 0 Å². The van der Waals surface area contributed by atoms with Gasteiger partial charge in [-0.1, -0.05) is 37.6 Å². The molecule has 1 aromatic carbocycles. The van der Waals surface area contributed by atoms with Crippen molar-refractivity contribution in [2.75, 3.05) is 13.1 Å². The van der Waals surface area contributed by atoms with Gasteiger partial charge in [0.1, 0.15) is 4.90 Å². The van der Waals surface area contributed by atoms with E-state index in [1.54, 1.807) is 23.9 Å². The highest BCUT2D eigenvalue weighted by Crippen LogP contribution is 2.24. The van der Waals surface area contributed by atoms with Crippen molar-refractivity contribution < 1.29 is 8.42 Å². The van der Waals surface area contributed by atoms with E-state index < -0.39 is 10.0 Å². The molecule has 0 aliphatic rings. The lowest BCUT2D eigenvalue weighted by Gasteiger charge is -2.18. The molecule has 2 aromatic rings. The topological polar surface area (TPSA) is 50.3 Å². The van der Waals surface area contributed by atoms with E-state index in [9.17, 15) is 8.42 Å². The summed E-state index contributed by atoms with van der Waals surface area (Å²) in [5.74, 6) is 0.732. The number of pyridine rings is 1. The van der Waals surface area contributed by atoms with Gasteiger partial charge in [0.15, 0.2) is 0 Å². The molecule has 0 unspecified atom stereocenters. The maximum absolute atomic E-state index is 12.4. The lowest BCUT2D eigenvalue weighted by Crippen LogP contribution is -2.30. The molecule has 0 spiro atoms. The number of hydrogen-bond acceptors (Lipinski definition) is 4. The van der Waals surface area contributed by atoms with Crippen molar-refractivity contribution in [1.82, 2.24) is 9.29 Å². The van der Waals surface area contributed by atoms with E-state index in [1.807, 2.05) is 38.1 Å². The van der Waals surface area contributed by atoms with Crippen LogP contribution in [-0.2, 0) is 15.8 Å². The lowest BCUT2D eigenvalue weighted by molar-refractivity contribution is 0.445. The molecule has 1 heterocycles. The van der Waals surface area contributed by atoms with Crippen molar-refractivity contribution in [2.24, 2.45) is 0 Å². The van der Waals surface area contributed by atoms with Crippen LogP contribution >= 0.6 is 23.4 Å². The van der Waals surface area contributed by atoms with Gasteiger partial charge in [-0.25, -0.2) is 13.4 Å². The fourth-order valence-electron chi connectivity index (χ4n) is 2.10. The van der Waals surface area contributed by atoms with E-state index in [0.29, 0.717) is 18.1 Å². The Kier molecular flexibility index (Phi) is 6.47. The monoisotopic (exact) mass is 370 g/mol. The zero-order valence-corrected chi connectivity index (χ0v) is 15.5. The van der Waals surface area contributed by atoms with Gasteiger partial charge in [-0.3, -0.25) is 0 Å². The van der Waals surface area contributed by atoms with Crippen molar-refractivity contribution in [3.05, 3.63) is 53.2 Å². The van der Waals surface area contributed by atoms with Crippen molar-refractivity contribution in [2.45, 2.75) is 29.5 Å². The molecule has 2 rings (SSSR count). The molecule has 0 saturated heterocycles. The Labute approximate surface area is 146 Å². The molecular formula is C16H19ClN2O2S2. The molecule has 0 radical (unpaired) electrons. The lowest BCUT2D eigenvalue weighted by atomic mass is 10.2. The molecule has 23 heavy (non-hydrogen) atoms. The van der Waals surface area contributed by atoms with Crippen molar-refractivity contribution >= 4 is 33.4 Å². The molecular weight excluding hydrogens is 352 g/mol. The molecule has 0 saturated carbocycles. The third kappa shape index (κ3) is 4.70. The minimum Gasteiger partial charge on any atom is -0.249 e. The first-order chi connectivity index (χ1) is 11.0. The Morgan fingerprint density at radius 2 is 1.91 bits per heavy atom. The SMILES string of the molecule is CCN(CC)S(=O)(=O)c1ccc(SCc2cccc(Cl)c2)nc1. The zero-order chi connectivity index (χ0) is 16.9. The van der Waals surface area contributed by atoms with Gasteiger partial charge >= 0.3 is 0 Å². The van der Waals surface area contributed by atoms with Crippen LogP contribution in [0.5, 0.6) is 0 Å². The average molecular weight is 371 g/mol. The van der Waals surface area contributed by atoms with E-state index in [4.69, 9.17) is 11.6 Å². The summed E-state index contributed by atoms with van der Waals surface area (Å²) in [6.45, 7) is 4.54. The van der Waals surface area contributed by atoms with E-state index in [2.05, 4.69) is 4.98 Å². The summed E-state index contributed by atoms with van der Waals surface area (Å²) >= 11 is 7.50. The van der Waals surface area contributed by atoms with Gasteiger partial charge in [0.2, 0.25) is 10.0 Å². The van der Waals surface area contributed by atoms with Gasteiger partial charge in [0.05, 0.1) is 5.03 Å². The molecule has 0 aliphatic carbocycles. The predicted molar refractivity (Wildman–Crippen MR) is 95.4 cm³/mol. The van der Waals surface area contributed by atoms with Crippen LogP contribution in [-0.4, -0.2) is 30.8 Å². The summed E-state index contributed by atoms with van der Waals surface area (Å²) in [5, 5.41) is 1.49. The molecule has 0 aliphatic heterocycles. The molecule has 0 fully saturated rings. The van der Waals surface area contributed by atoms with Gasteiger partial charge in [-0.15, -0.1) is 11.8 Å². The van der Waals surface area contributed by atoms with Crippen LogP contribution in [0.25, 0.3) is 0 Å². The number of sulfonamides is 1. The van der Waals surface area contributed by atoms with Crippen molar-refractivity contribution in [1.29, 1.82) is 0 Å². The normalized spacial score (nSPS) is 11.8. The summed E-state index contributed by atoms with van der Waals surface area (Å²) in [5.41, 5.74) is 1.10. The third-order valence-electron chi connectivity index (χ3n) is 3.33. The van der Waals surface area contributed by atoms with Crippen molar-refractivity contribution in [3.8, 4) is 0 Å². The summed E-state index contributed by atoms with van der Waals surface area (Å²) < 4.78 is 26.2.